The van der Waals surface area contributed by atoms with Gasteiger partial charge in [-0.15, -0.1) is 0 Å². The molecular weight excluding hydrogens is 251 g/mol. The summed E-state index contributed by atoms with van der Waals surface area (Å²) in [5.41, 5.74) is 7.99. The minimum atomic E-state index is -0.0900. The molecule has 1 aromatic rings. The third kappa shape index (κ3) is 3.14. The van der Waals surface area contributed by atoms with Gasteiger partial charge in [0.1, 0.15) is 5.82 Å². The van der Waals surface area contributed by atoms with Crippen molar-refractivity contribution in [1.82, 2.24) is 0 Å². The monoisotopic (exact) mass is 276 g/mol. The molecule has 0 aliphatic heterocycles. The van der Waals surface area contributed by atoms with Gasteiger partial charge >= 0.3 is 0 Å². The van der Waals surface area contributed by atoms with E-state index in [4.69, 9.17) is 5.73 Å². The number of halogens is 1. The van der Waals surface area contributed by atoms with Crippen molar-refractivity contribution in [3.63, 3.8) is 0 Å². The minimum absolute atomic E-state index is 0.0487. The van der Waals surface area contributed by atoms with E-state index in [1.807, 2.05) is 6.07 Å². The lowest BCUT2D eigenvalue weighted by Crippen LogP contribution is -2.31. The zero-order valence-corrected chi connectivity index (χ0v) is 12.3. The smallest absolute Gasteiger partial charge is 0.128 e. The Hall–Kier alpha value is -1.09. The summed E-state index contributed by atoms with van der Waals surface area (Å²) in [6.07, 6.45) is 6.71. The average Bonchev–Trinajstić information content (AvgIpc) is 3.31. The zero-order chi connectivity index (χ0) is 14.1. The fourth-order valence-corrected chi connectivity index (χ4v) is 2.83. The van der Waals surface area contributed by atoms with Gasteiger partial charge in [0.15, 0.2) is 0 Å². The van der Waals surface area contributed by atoms with Gasteiger partial charge in [-0.05, 0) is 56.6 Å². The minimum Gasteiger partial charge on any atom is -0.368 e. The van der Waals surface area contributed by atoms with Crippen LogP contribution in [0.15, 0.2) is 18.2 Å². The van der Waals surface area contributed by atoms with Crippen LogP contribution in [0.4, 0.5) is 10.1 Å². The fourth-order valence-electron chi connectivity index (χ4n) is 2.83. The Morgan fingerprint density at radius 3 is 2.65 bits per heavy atom. The first-order valence-electron chi connectivity index (χ1n) is 7.98. The molecule has 0 spiro atoms. The number of nitrogens with two attached hydrogens (primary N) is 1. The van der Waals surface area contributed by atoms with E-state index in [0.29, 0.717) is 12.5 Å². The third-order valence-electron chi connectivity index (χ3n) is 4.53. The van der Waals surface area contributed by atoms with Crippen LogP contribution < -0.4 is 10.6 Å². The molecule has 20 heavy (non-hydrogen) atoms. The van der Waals surface area contributed by atoms with Gasteiger partial charge in [-0.1, -0.05) is 13.0 Å². The van der Waals surface area contributed by atoms with Crippen LogP contribution in [0.5, 0.6) is 0 Å². The van der Waals surface area contributed by atoms with Crippen molar-refractivity contribution in [2.75, 3.05) is 11.4 Å². The van der Waals surface area contributed by atoms with Crippen molar-refractivity contribution in [2.45, 2.75) is 57.5 Å². The van der Waals surface area contributed by atoms with Gasteiger partial charge in [0.05, 0.1) is 0 Å². The highest BCUT2D eigenvalue weighted by Gasteiger charge is 2.35. The molecule has 0 amide bonds. The number of nitrogens with zero attached hydrogens (tertiary/aromatic N) is 1. The maximum Gasteiger partial charge on any atom is 0.128 e. The normalized spacial score (nSPS) is 19.9. The van der Waals surface area contributed by atoms with Gasteiger partial charge in [-0.25, -0.2) is 4.39 Å². The first kappa shape index (κ1) is 13.9. The molecule has 2 N–H and O–H groups in total. The van der Waals surface area contributed by atoms with Crippen LogP contribution in [-0.4, -0.2) is 18.6 Å². The number of rotatable bonds is 7. The molecular formula is C17H25FN2. The largest absolute Gasteiger partial charge is 0.368 e. The van der Waals surface area contributed by atoms with E-state index < -0.39 is 0 Å². The molecule has 2 aliphatic rings. The Morgan fingerprint density at radius 1 is 1.30 bits per heavy atom. The highest BCUT2D eigenvalue weighted by molar-refractivity contribution is 5.56. The summed E-state index contributed by atoms with van der Waals surface area (Å²) in [6, 6.07) is 6.18. The molecule has 3 heteroatoms. The van der Waals surface area contributed by atoms with E-state index in [0.717, 1.165) is 30.1 Å². The molecule has 2 aliphatic carbocycles. The maximum absolute atomic E-state index is 14.3. The van der Waals surface area contributed by atoms with E-state index >= 15 is 0 Å². The summed E-state index contributed by atoms with van der Waals surface area (Å²) in [4.78, 5) is 2.46. The molecule has 2 nitrogen and oxygen atoms in total. The van der Waals surface area contributed by atoms with Gasteiger partial charge in [-0.3, -0.25) is 0 Å². The predicted octanol–water partition coefficient (Wildman–Crippen LogP) is 3.48. The Labute approximate surface area is 121 Å². The third-order valence-corrected chi connectivity index (χ3v) is 4.53. The second-order valence-corrected chi connectivity index (χ2v) is 6.44. The van der Waals surface area contributed by atoms with Crippen LogP contribution >= 0.6 is 0 Å². The second kappa shape index (κ2) is 5.72. The topological polar surface area (TPSA) is 29.3 Å². The van der Waals surface area contributed by atoms with E-state index in [9.17, 15) is 4.39 Å². The summed E-state index contributed by atoms with van der Waals surface area (Å²) in [5, 5.41) is 0. The molecule has 3 rings (SSSR count). The van der Waals surface area contributed by atoms with Gasteiger partial charge < -0.3 is 10.6 Å². The van der Waals surface area contributed by atoms with Crippen LogP contribution in [0.2, 0.25) is 0 Å². The van der Waals surface area contributed by atoms with Crippen LogP contribution in [0, 0.1) is 11.7 Å². The van der Waals surface area contributed by atoms with Crippen molar-refractivity contribution in [3.8, 4) is 0 Å². The lowest BCUT2D eigenvalue weighted by Gasteiger charge is -2.28. The van der Waals surface area contributed by atoms with Crippen LogP contribution in [-0.2, 0) is 6.42 Å². The van der Waals surface area contributed by atoms with Crippen molar-refractivity contribution >= 4 is 5.69 Å². The standard InChI is InChI=1S/C17H25FN2/c1-2-13(19)10-15-16(18)4-3-5-17(15)20(14-8-9-14)11-12-6-7-12/h3-5,12-14H,2,6-11,19H2,1H3. The number of hydrogen-bond donors (Lipinski definition) is 1. The first-order valence-corrected chi connectivity index (χ1v) is 7.98. The van der Waals surface area contributed by atoms with Crippen LogP contribution in [0.3, 0.4) is 0 Å². The molecule has 0 bridgehead atoms. The summed E-state index contributed by atoms with van der Waals surface area (Å²) < 4.78 is 14.3. The van der Waals surface area contributed by atoms with Crippen molar-refractivity contribution in [1.29, 1.82) is 0 Å². The van der Waals surface area contributed by atoms with Gasteiger partial charge in [0, 0.05) is 29.9 Å². The Morgan fingerprint density at radius 2 is 2.05 bits per heavy atom. The first-order chi connectivity index (χ1) is 9.69. The van der Waals surface area contributed by atoms with Crippen LogP contribution in [0.1, 0.15) is 44.6 Å². The molecule has 0 heterocycles. The Kier molecular flexibility index (Phi) is 3.97. The predicted molar refractivity (Wildman–Crippen MR) is 81.5 cm³/mol. The quantitative estimate of drug-likeness (QED) is 0.826. The molecule has 0 aromatic heterocycles. The van der Waals surface area contributed by atoms with Crippen molar-refractivity contribution < 1.29 is 4.39 Å². The maximum atomic E-state index is 14.3. The number of benzene rings is 1. The molecule has 1 atom stereocenters. The number of hydrogen-bond acceptors (Lipinski definition) is 2. The molecule has 0 radical (unpaired) electrons. The zero-order valence-electron chi connectivity index (χ0n) is 12.3. The molecule has 1 aromatic carbocycles. The summed E-state index contributed by atoms with van der Waals surface area (Å²) in [7, 11) is 0. The SMILES string of the molecule is CCC(N)Cc1c(F)cccc1N(CC1CC1)C1CC1. The molecule has 0 saturated heterocycles. The van der Waals surface area contributed by atoms with Gasteiger partial charge in [0.2, 0.25) is 0 Å². The van der Waals surface area contributed by atoms with E-state index in [1.165, 1.54) is 25.7 Å². The average molecular weight is 276 g/mol. The van der Waals surface area contributed by atoms with E-state index in [-0.39, 0.29) is 11.9 Å². The Bertz CT molecular complexity index is 466. The molecule has 110 valence electrons. The molecule has 2 saturated carbocycles. The van der Waals surface area contributed by atoms with Gasteiger partial charge in [0.25, 0.3) is 0 Å². The van der Waals surface area contributed by atoms with Gasteiger partial charge in [-0.2, -0.15) is 0 Å². The highest BCUT2D eigenvalue weighted by atomic mass is 19.1. The lowest BCUT2D eigenvalue weighted by atomic mass is 10.0. The van der Waals surface area contributed by atoms with Crippen LogP contribution in [0.25, 0.3) is 0 Å². The van der Waals surface area contributed by atoms with E-state index in [1.54, 1.807) is 6.07 Å². The van der Waals surface area contributed by atoms with Crippen molar-refractivity contribution in [2.24, 2.45) is 11.7 Å². The summed E-state index contributed by atoms with van der Waals surface area (Å²) >= 11 is 0. The van der Waals surface area contributed by atoms with Crippen molar-refractivity contribution in [3.05, 3.63) is 29.6 Å². The number of anilines is 1. The highest BCUT2D eigenvalue weighted by Crippen LogP contribution is 2.39. The molecule has 2 fully saturated rings. The van der Waals surface area contributed by atoms with E-state index in [2.05, 4.69) is 17.9 Å². The lowest BCUT2D eigenvalue weighted by molar-refractivity contribution is 0.575. The second-order valence-electron chi connectivity index (χ2n) is 6.44. The fraction of sp³-hybridized carbons (Fsp3) is 0.647. The summed E-state index contributed by atoms with van der Waals surface area (Å²) in [5.74, 6) is 0.736. The molecule has 1 unspecified atom stereocenters. The summed E-state index contributed by atoms with van der Waals surface area (Å²) in [6.45, 7) is 3.16. The Balaban J connectivity index is 1.87.